The van der Waals surface area contributed by atoms with E-state index in [4.69, 9.17) is 10.1 Å². The van der Waals surface area contributed by atoms with Gasteiger partial charge in [-0.1, -0.05) is 0 Å². The minimum atomic E-state index is -0.511. The van der Waals surface area contributed by atoms with E-state index in [1.54, 1.807) is 4.90 Å². The number of methoxy groups -OCH3 is 1. The number of halogens is 1. The van der Waals surface area contributed by atoms with Gasteiger partial charge in [0.25, 0.3) is 5.91 Å². The molecule has 2 rings (SSSR count). The van der Waals surface area contributed by atoms with Crippen LogP contribution in [0.5, 0.6) is 0 Å². The molecule has 0 spiro atoms. The summed E-state index contributed by atoms with van der Waals surface area (Å²) in [6, 6.07) is 3.71. The highest BCUT2D eigenvalue weighted by molar-refractivity contribution is 6.14. The van der Waals surface area contributed by atoms with Gasteiger partial charge in [-0.3, -0.25) is 15.0 Å². The van der Waals surface area contributed by atoms with E-state index in [0.717, 1.165) is 6.21 Å². The number of nitrogens with zero attached hydrogens (tertiary/aromatic N) is 2. The third kappa shape index (κ3) is 4.40. The molecule has 25 heavy (non-hydrogen) atoms. The number of likely N-dealkylation sites (tertiary alicyclic amines) is 1. The van der Waals surface area contributed by atoms with Crippen molar-refractivity contribution in [3.8, 4) is 0 Å². The Bertz CT molecular complexity index is 692. The number of benzene rings is 1. The van der Waals surface area contributed by atoms with Gasteiger partial charge < -0.3 is 15.0 Å². The molecule has 1 amide bonds. The van der Waals surface area contributed by atoms with Crippen molar-refractivity contribution < 1.29 is 18.7 Å². The Morgan fingerprint density at radius 1 is 1.44 bits per heavy atom. The van der Waals surface area contributed by atoms with E-state index in [9.17, 15) is 14.0 Å². The van der Waals surface area contributed by atoms with Crippen LogP contribution in [0, 0.1) is 17.1 Å². The maximum absolute atomic E-state index is 13.5. The van der Waals surface area contributed by atoms with Crippen LogP contribution in [-0.4, -0.2) is 48.9 Å². The van der Waals surface area contributed by atoms with Crippen LogP contribution in [-0.2, 0) is 9.53 Å². The largest absolute Gasteiger partial charge is 0.469 e. The van der Waals surface area contributed by atoms with Gasteiger partial charge in [-0.25, -0.2) is 4.39 Å². The van der Waals surface area contributed by atoms with Crippen LogP contribution >= 0.6 is 0 Å². The molecule has 1 aromatic carbocycles. The summed E-state index contributed by atoms with van der Waals surface area (Å²) in [5.74, 6) is -1.52. The fraction of sp³-hybridized carbons (Fsp3) is 0.412. The lowest BCUT2D eigenvalue weighted by molar-refractivity contribution is -0.147. The summed E-state index contributed by atoms with van der Waals surface area (Å²) in [6.45, 7) is 2.17. The van der Waals surface area contributed by atoms with Crippen molar-refractivity contribution >= 4 is 30.0 Å². The lowest BCUT2D eigenvalue weighted by Gasteiger charge is -2.37. The summed E-state index contributed by atoms with van der Waals surface area (Å²) in [5, 5.41) is 10.6. The molecule has 134 valence electrons. The average molecular weight is 348 g/mol. The van der Waals surface area contributed by atoms with Gasteiger partial charge in [0.1, 0.15) is 5.82 Å². The summed E-state index contributed by atoms with van der Waals surface area (Å²) in [4.78, 5) is 26.3. The minimum Gasteiger partial charge on any atom is -0.469 e. The number of hydrogen-bond donors (Lipinski definition) is 2. The van der Waals surface area contributed by atoms with Crippen molar-refractivity contribution in [3.05, 3.63) is 29.6 Å². The lowest BCUT2D eigenvalue weighted by atomic mass is 9.92. The van der Waals surface area contributed by atoms with Crippen LogP contribution in [0.2, 0.25) is 0 Å². The molecule has 1 aromatic rings. The molecule has 0 radical (unpaired) electrons. The third-order valence-electron chi connectivity index (χ3n) is 4.22. The summed E-state index contributed by atoms with van der Waals surface area (Å²) < 4.78 is 18.3. The second-order valence-corrected chi connectivity index (χ2v) is 5.85. The Hall–Kier alpha value is -2.77. The molecule has 0 aromatic heterocycles. The smallest absolute Gasteiger partial charge is 0.310 e. The molecule has 0 saturated carbocycles. The first-order valence-corrected chi connectivity index (χ1v) is 7.94. The number of amides is 1. The molecule has 2 N–H and O–H groups in total. The Balaban J connectivity index is 2.27. The molecule has 2 atom stereocenters. The van der Waals surface area contributed by atoms with E-state index < -0.39 is 5.82 Å². The van der Waals surface area contributed by atoms with Gasteiger partial charge in [0.05, 0.1) is 30.5 Å². The molecule has 1 heterocycles. The van der Waals surface area contributed by atoms with Crippen molar-refractivity contribution in [1.29, 1.82) is 5.41 Å². The predicted molar refractivity (Wildman–Crippen MR) is 92.5 cm³/mol. The first-order valence-electron chi connectivity index (χ1n) is 7.94. The first-order chi connectivity index (χ1) is 12.0. The highest BCUT2D eigenvalue weighted by atomic mass is 19.1. The van der Waals surface area contributed by atoms with E-state index in [-0.39, 0.29) is 41.6 Å². The summed E-state index contributed by atoms with van der Waals surface area (Å²) in [5.41, 5.74) is 3.03. The van der Waals surface area contributed by atoms with Gasteiger partial charge in [0.15, 0.2) is 0 Å². The summed E-state index contributed by atoms with van der Waals surface area (Å²) in [7, 11) is 1.33. The van der Waals surface area contributed by atoms with Crippen LogP contribution in [0.15, 0.2) is 23.3 Å². The van der Waals surface area contributed by atoms with Gasteiger partial charge in [0, 0.05) is 18.8 Å². The Labute approximate surface area is 145 Å². The second kappa shape index (κ2) is 8.36. The van der Waals surface area contributed by atoms with E-state index in [1.165, 1.54) is 31.5 Å². The quantitative estimate of drug-likeness (QED) is 0.485. The molecule has 7 nitrogen and oxygen atoms in total. The zero-order valence-electron chi connectivity index (χ0n) is 14.2. The van der Waals surface area contributed by atoms with Crippen LogP contribution in [0.1, 0.15) is 30.1 Å². The highest BCUT2D eigenvalue weighted by Crippen LogP contribution is 2.27. The molecular weight excluding hydrogens is 327 g/mol. The Morgan fingerprint density at radius 3 is 2.88 bits per heavy atom. The number of carbonyl (C=O) groups is 2. The standard InChI is InChI=1S/C17H21FN4O3/c1-11-3-4-12(17(24)25-2)10-22(11)16(23)14-6-5-13(18)9-15(14)21-20-8-7-19/h5-9,11-12,19,21H,3-4,10H2,1-2H3/b19-7?,20-8-/t11-,12-/m1/s1. The fourth-order valence-corrected chi connectivity index (χ4v) is 2.84. The van der Waals surface area contributed by atoms with Crippen molar-refractivity contribution in [3.63, 3.8) is 0 Å². The van der Waals surface area contributed by atoms with Gasteiger partial charge in [0.2, 0.25) is 0 Å². The van der Waals surface area contributed by atoms with Gasteiger partial charge in [-0.2, -0.15) is 5.10 Å². The molecule has 1 saturated heterocycles. The monoisotopic (exact) mass is 348 g/mol. The maximum Gasteiger partial charge on any atom is 0.310 e. The number of anilines is 1. The number of ether oxygens (including phenoxy) is 1. The normalized spacial score (nSPS) is 20.4. The third-order valence-corrected chi connectivity index (χ3v) is 4.22. The fourth-order valence-electron chi connectivity index (χ4n) is 2.84. The second-order valence-electron chi connectivity index (χ2n) is 5.85. The van der Waals surface area contributed by atoms with Crippen LogP contribution < -0.4 is 5.43 Å². The number of esters is 1. The topological polar surface area (TPSA) is 94.8 Å². The van der Waals surface area contributed by atoms with Crippen molar-refractivity contribution in [2.45, 2.75) is 25.8 Å². The van der Waals surface area contributed by atoms with Crippen LogP contribution in [0.25, 0.3) is 0 Å². The molecule has 1 aliphatic heterocycles. The first kappa shape index (κ1) is 18.6. The number of hydrazone groups is 1. The maximum atomic E-state index is 13.5. The van der Waals surface area contributed by atoms with Gasteiger partial charge >= 0.3 is 5.97 Å². The SMILES string of the molecule is COC(=O)[C@@H]1CC[C@@H](C)N(C(=O)c2ccc(F)cc2N/N=C\C=N)C1. The predicted octanol–water partition coefficient (Wildman–Crippen LogP) is 2.29. The summed E-state index contributed by atoms with van der Waals surface area (Å²) in [6.07, 6.45) is 3.48. The highest BCUT2D eigenvalue weighted by Gasteiger charge is 2.34. The average Bonchev–Trinajstić information content (AvgIpc) is 2.61. The number of carbonyl (C=O) groups excluding carboxylic acids is 2. The van der Waals surface area contributed by atoms with Crippen LogP contribution in [0.4, 0.5) is 10.1 Å². The van der Waals surface area contributed by atoms with E-state index in [0.29, 0.717) is 12.8 Å². The zero-order chi connectivity index (χ0) is 18.4. The molecule has 0 aliphatic carbocycles. The molecule has 0 bridgehead atoms. The number of nitrogens with one attached hydrogen (secondary N) is 2. The number of piperidine rings is 1. The number of hydrogen-bond acceptors (Lipinski definition) is 6. The minimum absolute atomic E-state index is 0.0450. The zero-order valence-corrected chi connectivity index (χ0v) is 14.2. The molecule has 1 aliphatic rings. The molecular formula is C17H21FN4O3. The molecule has 8 heteroatoms. The van der Waals surface area contributed by atoms with Crippen molar-refractivity contribution in [1.82, 2.24) is 4.90 Å². The molecule has 1 fully saturated rings. The number of rotatable bonds is 5. The van der Waals surface area contributed by atoms with E-state index >= 15 is 0 Å². The van der Waals surface area contributed by atoms with Crippen molar-refractivity contribution in [2.75, 3.05) is 19.1 Å². The Kier molecular flexibility index (Phi) is 6.21. The van der Waals surface area contributed by atoms with Gasteiger partial charge in [-0.15, -0.1) is 0 Å². The van der Waals surface area contributed by atoms with E-state index in [1.807, 2.05) is 6.92 Å². The Morgan fingerprint density at radius 2 is 2.20 bits per heavy atom. The van der Waals surface area contributed by atoms with Crippen molar-refractivity contribution in [2.24, 2.45) is 11.0 Å². The van der Waals surface area contributed by atoms with E-state index in [2.05, 4.69) is 10.5 Å². The van der Waals surface area contributed by atoms with Crippen LogP contribution in [0.3, 0.4) is 0 Å². The van der Waals surface area contributed by atoms with Gasteiger partial charge in [-0.05, 0) is 38.0 Å². The molecule has 0 unspecified atom stereocenters. The summed E-state index contributed by atoms with van der Waals surface area (Å²) >= 11 is 0. The lowest BCUT2D eigenvalue weighted by Crippen LogP contribution is -2.47.